The van der Waals surface area contributed by atoms with E-state index in [1.165, 1.54) is 0 Å². The van der Waals surface area contributed by atoms with Crippen molar-refractivity contribution < 1.29 is 9.53 Å². The highest BCUT2D eigenvalue weighted by Gasteiger charge is 2.15. The number of hydrogen-bond donors (Lipinski definition) is 2. The number of nitrogens with one attached hydrogen (secondary N) is 2. The first-order valence-electron chi connectivity index (χ1n) is 8.25. The average molecular weight is 367 g/mol. The van der Waals surface area contributed by atoms with Gasteiger partial charge in [-0.1, -0.05) is 35.9 Å². The van der Waals surface area contributed by atoms with E-state index in [1.54, 1.807) is 31.2 Å². The molecule has 0 aliphatic heterocycles. The molecule has 3 rings (SSSR count). The molecule has 3 aromatic carbocycles. The molecule has 0 spiro atoms. The van der Waals surface area contributed by atoms with E-state index in [0.717, 1.165) is 11.4 Å². The lowest BCUT2D eigenvalue weighted by atomic mass is 10.2. The minimum Gasteiger partial charge on any atom is -0.481 e. The third-order valence-electron chi connectivity index (χ3n) is 3.69. The molecule has 0 saturated carbocycles. The molecule has 0 bridgehead atoms. The highest BCUT2D eigenvalue weighted by Crippen LogP contribution is 2.20. The molecule has 2 N–H and O–H groups in total. The predicted octanol–water partition coefficient (Wildman–Crippen LogP) is 5.49. The number of halogens is 1. The van der Waals surface area contributed by atoms with Crippen LogP contribution in [0.5, 0.6) is 5.75 Å². The molecule has 0 aromatic heterocycles. The van der Waals surface area contributed by atoms with Gasteiger partial charge >= 0.3 is 0 Å². The second-order valence-corrected chi connectivity index (χ2v) is 6.21. The van der Waals surface area contributed by atoms with Crippen LogP contribution in [-0.2, 0) is 4.79 Å². The second kappa shape index (κ2) is 8.41. The van der Waals surface area contributed by atoms with Crippen molar-refractivity contribution in [2.75, 3.05) is 10.6 Å². The van der Waals surface area contributed by atoms with Crippen LogP contribution in [0.3, 0.4) is 0 Å². The molecule has 0 saturated heterocycles. The van der Waals surface area contributed by atoms with Crippen molar-refractivity contribution in [1.82, 2.24) is 0 Å². The van der Waals surface area contributed by atoms with Gasteiger partial charge in [0.05, 0.1) is 0 Å². The molecule has 0 radical (unpaired) electrons. The Hall–Kier alpha value is -2.98. The van der Waals surface area contributed by atoms with E-state index in [9.17, 15) is 4.79 Å². The van der Waals surface area contributed by atoms with Crippen molar-refractivity contribution in [2.45, 2.75) is 13.0 Å². The van der Waals surface area contributed by atoms with E-state index in [-0.39, 0.29) is 5.91 Å². The van der Waals surface area contributed by atoms with Gasteiger partial charge < -0.3 is 15.4 Å². The first-order chi connectivity index (χ1) is 12.6. The van der Waals surface area contributed by atoms with Crippen LogP contribution in [0.15, 0.2) is 78.9 Å². The van der Waals surface area contributed by atoms with Gasteiger partial charge in [-0.3, -0.25) is 4.79 Å². The Morgan fingerprint density at radius 1 is 0.885 bits per heavy atom. The maximum absolute atomic E-state index is 12.3. The van der Waals surface area contributed by atoms with E-state index in [1.807, 2.05) is 54.6 Å². The van der Waals surface area contributed by atoms with Crippen LogP contribution in [-0.4, -0.2) is 12.0 Å². The van der Waals surface area contributed by atoms with E-state index in [4.69, 9.17) is 16.3 Å². The smallest absolute Gasteiger partial charge is 0.265 e. The summed E-state index contributed by atoms with van der Waals surface area (Å²) >= 11 is 5.92. The van der Waals surface area contributed by atoms with Crippen molar-refractivity contribution >= 4 is 34.6 Å². The fourth-order valence-corrected chi connectivity index (χ4v) is 2.55. The fourth-order valence-electron chi connectivity index (χ4n) is 2.37. The first kappa shape index (κ1) is 17.8. The van der Waals surface area contributed by atoms with Crippen LogP contribution in [0.4, 0.5) is 17.1 Å². The van der Waals surface area contributed by atoms with Gasteiger partial charge in [-0.25, -0.2) is 0 Å². The summed E-state index contributed by atoms with van der Waals surface area (Å²) in [7, 11) is 0. The van der Waals surface area contributed by atoms with Crippen LogP contribution in [0.25, 0.3) is 0 Å². The highest BCUT2D eigenvalue weighted by atomic mass is 35.5. The quantitative estimate of drug-likeness (QED) is 0.606. The maximum Gasteiger partial charge on any atom is 0.265 e. The first-order valence-corrected chi connectivity index (χ1v) is 8.63. The Bertz CT molecular complexity index is 867. The van der Waals surface area contributed by atoms with Gasteiger partial charge in [0.15, 0.2) is 6.10 Å². The molecule has 0 aliphatic carbocycles. The van der Waals surface area contributed by atoms with Crippen LogP contribution < -0.4 is 15.4 Å². The van der Waals surface area contributed by atoms with Gasteiger partial charge in [-0.15, -0.1) is 0 Å². The lowest BCUT2D eigenvalue weighted by Gasteiger charge is -2.15. The molecule has 1 atom stereocenters. The molecule has 132 valence electrons. The summed E-state index contributed by atoms with van der Waals surface area (Å²) in [4.78, 5) is 12.3. The second-order valence-electron chi connectivity index (χ2n) is 5.78. The third kappa shape index (κ3) is 5.01. The van der Waals surface area contributed by atoms with Crippen LogP contribution in [0.1, 0.15) is 6.92 Å². The van der Waals surface area contributed by atoms with Gasteiger partial charge in [0.2, 0.25) is 0 Å². The largest absolute Gasteiger partial charge is 0.481 e. The number of hydrogen-bond acceptors (Lipinski definition) is 3. The number of ether oxygens (including phenoxy) is 1. The van der Waals surface area contributed by atoms with Crippen molar-refractivity contribution in [3.8, 4) is 5.75 Å². The molecule has 0 aliphatic rings. The minimum atomic E-state index is -0.643. The average Bonchev–Trinajstić information content (AvgIpc) is 2.64. The number of benzene rings is 3. The summed E-state index contributed by atoms with van der Waals surface area (Å²) < 4.78 is 5.62. The van der Waals surface area contributed by atoms with Crippen LogP contribution in [0, 0.1) is 0 Å². The number of rotatable bonds is 6. The van der Waals surface area contributed by atoms with Crippen LogP contribution in [0.2, 0.25) is 5.02 Å². The Labute approximate surface area is 157 Å². The van der Waals surface area contributed by atoms with Gasteiger partial charge in [0.1, 0.15) is 5.75 Å². The number of carbonyl (C=O) groups excluding carboxylic acids is 1. The molecule has 1 unspecified atom stereocenters. The Morgan fingerprint density at radius 2 is 1.54 bits per heavy atom. The summed E-state index contributed by atoms with van der Waals surface area (Å²) in [6.45, 7) is 1.70. The van der Waals surface area contributed by atoms with Crippen molar-refractivity contribution in [2.24, 2.45) is 0 Å². The number of para-hydroxylation sites is 1. The summed E-state index contributed by atoms with van der Waals surface area (Å²) in [6.07, 6.45) is -0.643. The maximum atomic E-state index is 12.3. The molecular weight excluding hydrogens is 348 g/mol. The third-order valence-corrected chi connectivity index (χ3v) is 3.93. The molecule has 4 nitrogen and oxygen atoms in total. The van der Waals surface area contributed by atoms with E-state index in [0.29, 0.717) is 16.5 Å². The number of carbonyl (C=O) groups is 1. The van der Waals surface area contributed by atoms with Gasteiger partial charge in [0, 0.05) is 22.1 Å². The fraction of sp³-hybridized carbons (Fsp3) is 0.0952. The molecule has 26 heavy (non-hydrogen) atoms. The SMILES string of the molecule is CC(Oc1cccc(Cl)c1)C(=O)Nc1ccc(Nc2ccccc2)cc1. The number of amides is 1. The van der Waals surface area contributed by atoms with E-state index < -0.39 is 6.10 Å². The van der Waals surface area contributed by atoms with Crippen molar-refractivity contribution in [1.29, 1.82) is 0 Å². The predicted molar refractivity (Wildman–Crippen MR) is 106 cm³/mol. The van der Waals surface area contributed by atoms with E-state index >= 15 is 0 Å². The normalized spacial score (nSPS) is 11.5. The Kier molecular flexibility index (Phi) is 5.77. The Balaban J connectivity index is 1.57. The topological polar surface area (TPSA) is 50.4 Å². The van der Waals surface area contributed by atoms with Crippen LogP contribution >= 0.6 is 11.6 Å². The van der Waals surface area contributed by atoms with Crippen molar-refractivity contribution in [3.63, 3.8) is 0 Å². The molecule has 5 heteroatoms. The lowest BCUT2D eigenvalue weighted by Crippen LogP contribution is -2.30. The summed E-state index contributed by atoms with van der Waals surface area (Å²) in [5.41, 5.74) is 2.65. The summed E-state index contributed by atoms with van der Waals surface area (Å²) in [6, 6.07) is 24.4. The molecule has 0 fully saturated rings. The number of anilines is 3. The van der Waals surface area contributed by atoms with Gasteiger partial charge in [-0.05, 0) is 61.5 Å². The zero-order valence-electron chi connectivity index (χ0n) is 14.3. The molecule has 3 aromatic rings. The zero-order valence-corrected chi connectivity index (χ0v) is 15.0. The molecular formula is C21H19ClN2O2. The lowest BCUT2D eigenvalue weighted by molar-refractivity contribution is -0.122. The monoisotopic (exact) mass is 366 g/mol. The van der Waals surface area contributed by atoms with E-state index in [2.05, 4.69) is 10.6 Å². The van der Waals surface area contributed by atoms with Gasteiger partial charge in [0.25, 0.3) is 5.91 Å². The standard InChI is InChI=1S/C21H19ClN2O2/c1-15(26-20-9-5-6-16(22)14-20)21(25)24-19-12-10-18(11-13-19)23-17-7-3-2-4-8-17/h2-15,23H,1H3,(H,24,25). The van der Waals surface area contributed by atoms with Gasteiger partial charge in [-0.2, -0.15) is 0 Å². The molecule has 0 heterocycles. The molecule has 1 amide bonds. The minimum absolute atomic E-state index is 0.228. The van der Waals surface area contributed by atoms with Crippen molar-refractivity contribution in [3.05, 3.63) is 83.9 Å². The summed E-state index contributed by atoms with van der Waals surface area (Å²) in [5, 5.41) is 6.70. The zero-order chi connectivity index (χ0) is 18.4. The highest BCUT2D eigenvalue weighted by molar-refractivity contribution is 6.30. The Morgan fingerprint density at radius 3 is 2.23 bits per heavy atom. The summed E-state index contributed by atoms with van der Waals surface area (Å²) in [5.74, 6) is 0.330.